The highest BCUT2D eigenvalue weighted by Crippen LogP contribution is 2.30. The fourth-order valence-electron chi connectivity index (χ4n) is 1.28. The summed E-state index contributed by atoms with van der Waals surface area (Å²) in [5.41, 5.74) is 3.69. The Kier molecular flexibility index (Phi) is 4.57. The van der Waals surface area contributed by atoms with Crippen LogP contribution in [0.2, 0.25) is 0 Å². The zero-order valence-corrected chi connectivity index (χ0v) is 10.1. The van der Waals surface area contributed by atoms with E-state index in [1.165, 1.54) is 6.07 Å². The van der Waals surface area contributed by atoms with Gasteiger partial charge in [-0.05, 0) is 10.8 Å². The number of nitro benzene ring substituents is 1. The third-order valence-corrected chi connectivity index (χ3v) is 3.19. The van der Waals surface area contributed by atoms with Crippen LogP contribution < -0.4 is 11.3 Å². The summed E-state index contributed by atoms with van der Waals surface area (Å²) in [5, 5.41) is 11.3. The van der Waals surface area contributed by atoms with Crippen LogP contribution in [0.15, 0.2) is 18.2 Å². The van der Waals surface area contributed by atoms with E-state index in [0.29, 0.717) is 16.7 Å². The molecule has 5 nitrogen and oxygen atoms in total. The maximum Gasteiger partial charge on any atom is 0.293 e. The molecule has 3 N–H and O–H groups in total. The third-order valence-electron chi connectivity index (χ3n) is 2.04. The van der Waals surface area contributed by atoms with E-state index in [0.717, 1.165) is 5.56 Å². The van der Waals surface area contributed by atoms with Gasteiger partial charge < -0.3 is 5.43 Å². The molecule has 0 fully saturated rings. The molecule has 0 amide bonds. The highest BCUT2D eigenvalue weighted by molar-refractivity contribution is 7.99. The summed E-state index contributed by atoms with van der Waals surface area (Å²) in [6.07, 6.45) is 0. The van der Waals surface area contributed by atoms with Crippen molar-refractivity contribution in [2.45, 2.75) is 24.9 Å². The molecule has 16 heavy (non-hydrogen) atoms. The van der Waals surface area contributed by atoms with Gasteiger partial charge in [-0.25, -0.2) is 0 Å². The number of benzene rings is 1. The Labute approximate surface area is 98.5 Å². The number of thioether (sulfide) groups is 1. The molecule has 0 aliphatic heterocycles. The number of nitro groups is 1. The minimum atomic E-state index is -0.432. The Morgan fingerprint density at radius 3 is 2.75 bits per heavy atom. The summed E-state index contributed by atoms with van der Waals surface area (Å²) in [7, 11) is 0. The monoisotopic (exact) mass is 241 g/mol. The quantitative estimate of drug-likeness (QED) is 0.470. The van der Waals surface area contributed by atoms with Crippen molar-refractivity contribution >= 4 is 23.1 Å². The van der Waals surface area contributed by atoms with Crippen LogP contribution in [0, 0.1) is 10.1 Å². The molecule has 0 bridgehead atoms. The van der Waals surface area contributed by atoms with E-state index in [1.54, 1.807) is 17.8 Å². The van der Waals surface area contributed by atoms with Crippen molar-refractivity contribution in [3.05, 3.63) is 33.9 Å². The van der Waals surface area contributed by atoms with E-state index in [4.69, 9.17) is 5.84 Å². The van der Waals surface area contributed by atoms with Crippen LogP contribution in [0.4, 0.5) is 11.4 Å². The third kappa shape index (κ3) is 3.11. The largest absolute Gasteiger partial charge is 0.318 e. The number of anilines is 1. The summed E-state index contributed by atoms with van der Waals surface area (Å²) in [6, 6.07) is 4.96. The maximum atomic E-state index is 10.8. The average Bonchev–Trinajstić information content (AvgIpc) is 2.25. The van der Waals surface area contributed by atoms with Gasteiger partial charge in [0.2, 0.25) is 0 Å². The molecule has 0 saturated carbocycles. The van der Waals surface area contributed by atoms with Crippen molar-refractivity contribution in [3.8, 4) is 0 Å². The van der Waals surface area contributed by atoms with E-state index < -0.39 is 4.92 Å². The molecule has 0 unspecified atom stereocenters. The predicted molar refractivity (Wildman–Crippen MR) is 67.3 cm³/mol. The Morgan fingerprint density at radius 2 is 2.25 bits per heavy atom. The Hall–Kier alpha value is -1.27. The predicted octanol–water partition coefficient (Wildman–Crippen LogP) is 2.52. The number of nitrogen functional groups attached to an aromatic ring is 1. The first-order valence-corrected chi connectivity index (χ1v) is 5.95. The number of rotatable bonds is 5. The summed E-state index contributed by atoms with van der Waals surface area (Å²) >= 11 is 1.72. The van der Waals surface area contributed by atoms with Gasteiger partial charge >= 0.3 is 0 Å². The number of nitrogens with one attached hydrogen (secondary N) is 1. The number of hydrazine groups is 1. The summed E-state index contributed by atoms with van der Waals surface area (Å²) in [4.78, 5) is 10.3. The smallest absolute Gasteiger partial charge is 0.293 e. The first-order valence-electron chi connectivity index (χ1n) is 4.90. The molecular weight excluding hydrogens is 226 g/mol. The van der Waals surface area contributed by atoms with Crippen LogP contribution in [0.5, 0.6) is 0 Å². The summed E-state index contributed by atoms with van der Waals surface area (Å²) in [6.45, 7) is 4.16. The molecule has 6 heteroatoms. The van der Waals surface area contributed by atoms with Gasteiger partial charge in [0.1, 0.15) is 5.69 Å². The van der Waals surface area contributed by atoms with Gasteiger partial charge in [-0.1, -0.05) is 26.0 Å². The molecule has 0 radical (unpaired) electrons. The molecular formula is C10H15N3O2S. The first-order chi connectivity index (χ1) is 7.56. The molecule has 0 aliphatic carbocycles. The number of nitrogens with zero attached hydrogens (tertiary/aromatic N) is 1. The lowest BCUT2D eigenvalue weighted by molar-refractivity contribution is -0.384. The van der Waals surface area contributed by atoms with Crippen molar-refractivity contribution in [2.24, 2.45) is 5.84 Å². The normalized spacial score (nSPS) is 10.5. The van der Waals surface area contributed by atoms with Gasteiger partial charge in [0.25, 0.3) is 5.69 Å². The molecule has 0 heterocycles. The zero-order chi connectivity index (χ0) is 12.1. The Balaban J connectivity index is 2.99. The molecule has 0 spiro atoms. The Morgan fingerprint density at radius 1 is 1.56 bits per heavy atom. The maximum absolute atomic E-state index is 10.8. The van der Waals surface area contributed by atoms with Crippen LogP contribution in [-0.2, 0) is 5.75 Å². The van der Waals surface area contributed by atoms with Crippen molar-refractivity contribution < 1.29 is 4.92 Å². The van der Waals surface area contributed by atoms with E-state index in [-0.39, 0.29) is 5.69 Å². The van der Waals surface area contributed by atoms with E-state index in [2.05, 4.69) is 19.3 Å². The van der Waals surface area contributed by atoms with E-state index >= 15 is 0 Å². The molecule has 0 saturated heterocycles. The lowest BCUT2D eigenvalue weighted by Crippen LogP contribution is -2.11. The van der Waals surface area contributed by atoms with E-state index in [1.807, 2.05) is 6.07 Å². The van der Waals surface area contributed by atoms with Crippen LogP contribution in [0.1, 0.15) is 19.4 Å². The Bertz CT molecular complexity index is 382. The molecule has 88 valence electrons. The van der Waals surface area contributed by atoms with Gasteiger partial charge in [0.05, 0.1) is 4.92 Å². The minimum absolute atomic E-state index is 0.0179. The van der Waals surface area contributed by atoms with Crippen LogP contribution in [0.25, 0.3) is 0 Å². The fraction of sp³-hybridized carbons (Fsp3) is 0.400. The summed E-state index contributed by atoms with van der Waals surface area (Å²) in [5.74, 6) is 6.04. The molecule has 0 atom stereocenters. The number of nitrogens with two attached hydrogens (primary N) is 1. The van der Waals surface area contributed by atoms with Gasteiger partial charge in [-0.15, -0.1) is 0 Å². The van der Waals surface area contributed by atoms with Crippen molar-refractivity contribution in [2.75, 3.05) is 5.43 Å². The van der Waals surface area contributed by atoms with E-state index in [9.17, 15) is 10.1 Å². The number of hydrogen-bond donors (Lipinski definition) is 2. The highest BCUT2D eigenvalue weighted by Gasteiger charge is 2.16. The number of para-hydroxylation sites is 1. The molecule has 0 aliphatic rings. The van der Waals surface area contributed by atoms with Gasteiger partial charge in [0.15, 0.2) is 0 Å². The van der Waals surface area contributed by atoms with Crippen LogP contribution >= 0.6 is 11.8 Å². The summed E-state index contributed by atoms with van der Waals surface area (Å²) < 4.78 is 0. The molecule has 1 aromatic rings. The van der Waals surface area contributed by atoms with Crippen LogP contribution in [0.3, 0.4) is 0 Å². The topological polar surface area (TPSA) is 81.2 Å². The van der Waals surface area contributed by atoms with Gasteiger partial charge in [0, 0.05) is 11.8 Å². The SMILES string of the molecule is CC(C)SCc1cccc([N+](=O)[O-])c1NN. The van der Waals surface area contributed by atoms with Crippen molar-refractivity contribution in [1.82, 2.24) is 0 Å². The standard InChI is InChI=1S/C10H15N3O2S/c1-7(2)16-6-8-4-3-5-9(13(14)15)10(8)12-11/h3-5,7,12H,6,11H2,1-2H3. The van der Waals surface area contributed by atoms with Crippen LogP contribution in [-0.4, -0.2) is 10.2 Å². The molecule has 1 aromatic carbocycles. The second-order valence-electron chi connectivity index (χ2n) is 3.57. The minimum Gasteiger partial charge on any atom is -0.318 e. The van der Waals surface area contributed by atoms with Gasteiger partial charge in [-0.2, -0.15) is 11.8 Å². The number of hydrogen-bond acceptors (Lipinski definition) is 5. The lowest BCUT2D eigenvalue weighted by atomic mass is 10.2. The zero-order valence-electron chi connectivity index (χ0n) is 9.27. The first kappa shape index (κ1) is 12.8. The van der Waals surface area contributed by atoms with Crippen molar-refractivity contribution in [1.29, 1.82) is 0 Å². The van der Waals surface area contributed by atoms with Crippen molar-refractivity contribution in [3.63, 3.8) is 0 Å². The molecule has 1 rings (SSSR count). The highest BCUT2D eigenvalue weighted by atomic mass is 32.2. The average molecular weight is 241 g/mol. The lowest BCUT2D eigenvalue weighted by Gasteiger charge is -2.10. The fourth-order valence-corrected chi connectivity index (χ4v) is 2.04. The molecule has 0 aromatic heterocycles. The second kappa shape index (κ2) is 5.72. The van der Waals surface area contributed by atoms with Gasteiger partial charge in [-0.3, -0.25) is 16.0 Å². The second-order valence-corrected chi connectivity index (χ2v) is 5.14.